The van der Waals surface area contributed by atoms with Crippen LogP contribution in [0.5, 0.6) is 5.88 Å². The van der Waals surface area contributed by atoms with Crippen LogP contribution in [0.15, 0.2) is 24.4 Å². The van der Waals surface area contributed by atoms with Gasteiger partial charge in [0.25, 0.3) is 5.91 Å². The molecular formula is C16H22N6O2. The van der Waals surface area contributed by atoms with Gasteiger partial charge in [0.1, 0.15) is 17.5 Å². The van der Waals surface area contributed by atoms with E-state index in [0.717, 1.165) is 18.2 Å². The van der Waals surface area contributed by atoms with Gasteiger partial charge in [-0.2, -0.15) is 0 Å². The molecule has 0 saturated heterocycles. The number of rotatable bonds is 8. The van der Waals surface area contributed by atoms with E-state index in [-0.39, 0.29) is 5.91 Å². The van der Waals surface area contributed by atoms with Crippen molar-refractivity contribution in [2.75, 3.05) is 37.4 Å². The Morgan fingerprint density at radius 2 is 1.92 bits per heavy atom. The molecule has 24 heavy (non-hydrogen) atoms. The standard InChI is InChI=1S/C16H22N6O2/c1-4-17-13-9-14(22-11(2)21-13)18-7-8-19-16(23)12-5-6-15(24-3)20-10-12/h5-6,9-10H,4,7-8H2,1-3H3,(H,19,23)(H2,17,18,21,22). The molecule has 0 saturated carbocycles. The summed E-state index contributed by atoms with van der Waals surface area (Å²) >= 11 is 0. The van der Waals surface area contributed by atoms with Crippen LogP contribution in [0, 0.1) is 6.92 Å². The van der Waals surface area contributed by atoms with Crippen molar-refractivity contribution in [3.05, 3.63) is 35.8 Å². The summed E-state index contributed by atoms with van der Waals surface area (Å²) in [5.74, 6) is 2.48. The van der Waals surface area contributed by atoms with E-state index in [1.54, 1.807) is 12.1 Å². The SMILES string of the molecule is CCNc1cc(NCCNC(=O)c2ccc(OC)nc2)nc(C)n1. The Kier molecular flexibility index (Phi) is 6.30. The summed E-state index contributed by atoms with van der Waals surface area (Å²) in [6.45, 7) is 5.65. The molecule has 0 fully saturated rings. The van der Waals surface area contributed by atoms with Crippen molar-refractivity contribution in [3.63, 3.8) is 0 Å². The zero-order valence-electron chi connectivity index (χ0n) is 14.1. The summed E-state index contributed by atoms with van der Waals surface area (Å²) in [5.41, 5.74) is 0.489. The highest BCUT2D eigenvalue weighted by Crippen LogP contribution is 2.10. The number of aryl methyl sites for hydroxylation is 1. The zero-order valence-corrected chi connectivity index (χ0v) is 14.1. The molecule has 0 aliphatic carbocycles. The van der Waals surface area contributed by atoms with Crippen molar-refractivity contribution >= 4 is 17.5 Å². The Morgan fingerprint density at radius 1 is 1.17 bits per heavy atom. The number of pyridine rings is 1. The number of nitrogens with one attached hydrogen (secondary N) is 3. The Labute approximate surface area is 141 Å². The monoisotopic (exact) mass is 330 g/mol. The molecule has 1 amide bonds. The van der Waals surface area contributed by atoms with Crippen LogP contribution in [0.1, 0.15) is 23.1 Å². The first-order valence-electron chi connectivity index (χ1n) is 7.74. The first-order valence-corrected chi connectivity index (χ1v) is 7.74. The maximum Gasteiger partial charge on any atom is 0.252 e. The molecule has 0 aromatic carbocycles. The zero-order chi connectivity index (χ0) is 17.4. The summed E-state index contributed by atoms with van der Waals surface area (Å²) in [4.78, 5) is 24.6. The van der Waals surface area contributed by atoms with Crippen LogP contribution in [-0.2, 0) is 0 Å². The molecule has 0 spiro atoms. The number of carbonyl (C=O) groups excluding carboxylic acids is 1. The van der Waals surface area contributed by atoms with Crippen molar-refractivity contribution in [2.45, 2.75) is 13.8 Å². The minimum absolute atomic E-state index is 0.181. The van der Waals surface area contributed by atoms with Gasteiger partial charge in [-0.1, -0.05) is 0 Å². The van der Waals surface area contributed by atoms with Crippen LogP contribution in [0.2, 0.25) is 0 Å². The molecular weight excluding hydrogens is 308 g/mol. The lowest BCUT2D eigenvalue weighted by atomic mass is 10.2. The van der Waals surface area contributed by atoms with Crippen molar-refractivity contribution in [1.29, 1.82) is 0 Å². The van der Waals surface area contributed by atoms with E-state index in [1.165, 1.54) is 13.3 Å². The van der Waals surface area contributed by atoms with Crippen molar-refractivity contribution in [3.8, 4) is 5.88 Å². The summed E-state index contributed by atoms with van der Waals surface area (Å²) in [5, 5.41) is 9.14. The smallest absolute Gasteiger partial charge is 0.252 e. The van der Waals surface area contributed by atoms with Gasteiger partial charge in [0.15, 0.2) is 0 Å². The molecule has 2 heterocycles. The fourth-order valence-corrected chi connectivity index (χ4v) is 2.03. The van der Waals surface area contributed by atoms with Gasteiger partial charge in [0, 0.05) is 38.0 Å². The highest BCUT2D eigenvalue weighted by atomic mass is 16.5. The summed E-state index contributed by atoms with van der Waals surface area (Å²) < 4.78 is 4.96. The minimum Gasteiger partial charge on any atom is -0.481 e. The normalized spacial score (nSPS) is 10.1. The Hall–Kier alpha value is -2.90. The highest BCUT2D eigenvalue weighted by molar-refractivity contribution is 5.93. The summed E-state index contributed by atoms with van der Waals surface area (Å²) in [6, 6.07) is 5.16. The van der Waals surface area contributed by atoms with Crippen molar-refractivity contribution in [1.82, 2.24) is 20.3 Å². The van der Waals surface area contributed by atoms with Crippen molar-refractivity contribution in [2.24, 2.45) is 0 Å². The lowest BCUT2D eigenvalue weighted by Gasteiger charge is -2.10. The van der Waals surface area contributed by atoms with E-state index >= 15 is 0 Å². The number of aromatic nitrogens is 3. The van der Waals surface area contributed by atoms with E-state index in [4.69, 9.17) is 4.74 Å². The third-order valence-electron chi connectivity index (χ3n) is 3.12. The number of amides is 1. The molecule has 0 radical (unpaired) electrons. The molecule has 0 aliphatic heterocycles. The van der Waals surface area contributed by atoms with Gasteiger partial charge in [0.2, 0.25) is 5.88 Å². The molecule has 2 aromatic rings. The van der Waals surface area contributed by atoms with Gasteiger partial charge >= 0.3 is 0 Å². The quantitative estimate of drug-likeness (QED) is 0.630. The molecule has 2 aromatic heterocycles. The lowest BCUT2D eigenvalue weighted by Crippen LogP contribution is -2.29. The molecule has 2 rings (SSSR count). The van der Waals surface area contributed by atoms with Crippen LogP contribution < -0.4 is 20.7 Å². The van der Waals surface area contributed by atoms with E-state index in [1.807, 2.05) is 19.9 Å². The van der Waals surface area contributed by atoms with E-state index in [0.29, 0.717) is 30.4 Å². The third-order valence-corrected chi connectivity index (χ3v) is 3.12. The average molecular weight is 330 g/mol. The number of ether oxygens (including phenoxy) is 1. The van der Waals surface area contributed by atoms with Gasteiger partial charge in [0.05, 0.1) is 12.7 Å². The fraction of sp³-hybridized carbons (Fsp3) is 0.375. The maximum atomic E-state index is 12.0. The number of carbonyl (C=O) groups is 1. The fourth-order valence-electron chi connectivity index (χ4n) is 2.03. The van der Waals surface area contributed by atoms with Gasteiger partial charge in [-0.15, -0.1) is 0 Å². The summed E-state index contributed by atoms with van der Waals surface area (Å²) in [6.07, 6.45) is 1.48. The number of methoxy groups -OCH3 is 1. The van der Waals surface area contributed by atoms with Gasteiger partial charge < -0.3 is 20.7 Å². The molecule has 128 valence electrons. The molecule has 8 nitrogen and oxygen atoms in total. The van der Waals surface area contributed by atoms with Gasteiger partial charge in [-0.25, -0.2) is 15.0 Å². The maximum absolute atomic E-state index is 12.0. The lowest BCUT2D eigenvalue weighted by molar-refractivity contribution is 0.0954. The predicted molar refractivity (Wildman–Crippen MR) is 92.5 cm³/mol. The average Bonchev–Trinajstić information content (AvgIpc) is 2.58. The van der Waals surface area contributed by atoms with Gasteiger partial charge in [-0.05, 0) is 19.9 Å². The van der Waals surface area contributed by atoms with Crippen LogP contribution in [0.4, 0.5) is 11.6 Å². The number of nitrogens with zero attached hydrogens (tertiary/aromatic N) is 3. The van der Waals surface area contributed by atoms with E-state index in [9.17, 15) is 4.79 Å². The van der Waals surface area contributed by atoms with E-state index < -0.39 is 0 Å². The largest absolute Gasteiger partial charge is 0.481 e. The van der Waals surface area contributed by atoms with Gasteiger partial charge in [-0.3, -0.25) is 4.79 Å². The predicted octanol–water partition coefficient (Wildman–Crippen LogP) is 1.46. The molecule has 3 N–H and O–H groups in total. The number of hydrogen-bond acceptors (Lipinski definition) is 7. The van der Waals surface area contributed by atoms with Crippen LogP contribution in [-0.4, -0.2) is 47.6 Å². The van der Waals surface area contributed by atoms with Crippen molar-refractivity contribution < 1.29 is 9.53 Å². The minimum atomic E-state index is -0.181. The second kappa shape index (κ2) is 8.66. The highest BCUT2D eigenvalue weighted by Gasteiger charge is 2.06. The van der Waals surface area contributed by atoms with Crippen LogP contribution in [0.25, 0.3) is 0 Å². The van der Waals surface area contributed by atoms with Crippen LogP contribution in [0.3, 0.4) is 0 Å². The first-order chi connectivity index (χ1) is 11.6. The second-order valence-corrected chi connectivity index (χ2v) is 4.99. The molecule has 8 heteroatoms. The third kappa shape index (κ3) is 5.08. The molecule has 0 atom stereocenters. The van der Waals surface area contributed by atoms with E-state index in [2.05, 4.69) is 30.9 Å². The Bertz CT molecular complexity index is 675. The molecule has 0 unspecified atom stereocenters. The van der Waals surface area contributed by atoms with Crippen LogP contribution >= 0.6 is 0 Å². The second-order valence-electron chi connectivity index (χ2n) is 4.99. The number of hydrogen-bond donors (Lipinski definition) is 3. The Balaban J connectivity index is 1.80. The first kappa shape index (κ1) is 17.5. The summed E-state index contributed by atoms with van der Waals surface area (Å²) in [7, 11) is 1.53. The Morgan fingerprint density at radius 3 is 2.54 bits per heavy atom. The number of anilines is 2. The topological polar surface area (TPSA) is 101 Å². The molecule has 0 aliphatic rings. The molecule has 0 bridgehead atoms.